The Labute approximate surface area is 160 Å². The van der Waals surface area contributed by atoms with E-state index >= 15 is 0 Å². The number of nitrogens with one attached hydrogen (secondary N) is 3. The van der Waals surface area contributed by atoms with Gasteiger partial charge in [0.1, 0.15) is 6.04 Å². The largest absolute Gasteiger partial charge is 0.480 e. The maximum absolute atomic E-state index is 11.6. The Morgan fingerprint density at radius 2 is 1.75 bits per heavy atom. The zero-order chi connectivity index (χ0) is 20.3. The molecule has 2 unspecified atom stereocenters. The van der Waals surface area contributed by atoms with Gasteiger partial charge in [0.05, 0.1) is 16.3 Å². The summed E-state index contributed by atoms with van der Waals surface area (Å²) < 4.78 is 0. The molecular formula is C18H20N4O6. The molecule has 148 valence electrons. The summed E-state index contributed by atoms with van der Waals surface area (Å²) in [6.07, 6.45) is -2.36. The molecule has 0 radical (unpaired) electrons. The van der Waals surface area contributed by atoms with E-state index in [1.54, 1.807) is 24.3 Å². The number of aliphatic hydroxyl groups is 2. The fourth-order valence-electron chi connectivity index (χ4n) is 2.99. The van der Waals surface area contributed by atoms with Crippen molar-refractivity contribution >= 4 is 23.0 Å². The average molecular weight is 388 g/mol. The quantitative estimate of drug-likeness (QED) is 0.299. The Kier molecular flexibility index (Phi) is 5.73. The average Bonchev–Trinajstić information content (AvgIpc) is 2.66. The minimum atomic E-state index is -1.31. The van der Waals surface area contributed by atoms with E-state index in [1.165, 1.54) is 12.1 Å². The lowest BCUT2D eigenvalue weighted by Crippen LogP contribution is -2.42. The number of hydrogen-bond donors (Lipinski definition) is 6. The molecule has 0 aliphatic carbocycles. The number of rotatable bonds is 7. The Morgan fingerprint density at radius 1 is 1.14 bits per heavy atom. The molecule has 1 aliphatic rings. The van der Waals surface area contributed by atoms with Crippen molar-refractivity contribution < 1.29 is 25.0 Å². The van der Waals surface area contributed by atoms with E-state index < -0.39 is 29.4 Å². The normalized spacial score (nSPS) is 19.1. The van der Waals surface area contributed by atoms with Gasteiger partial charge in [-0.15, -0.1) is 0 Å². The Hall–Kier alpha value is -3.21. The number of aliphatic hydroxyl groups excluding tert-OH is 2. The second-order valence-corrected chi connectivity index (χ2v) is 6.42. The van der Waals surface area contributed by atoms with Crippen molar-refractivity contribution in [1.29, 1.82) is 0 Å². The first-order chi connectivity index (χ1) is 13.3. The van der Waals surface area contributed by atoms with Crippen LogP contribution in [-0.4, -0.2) is 44.7 Å². The number of nitro groups is 1. The van der Waals surface area contributed by atoms with E-state index in [4.69, 9.17) is 0 Å². The number of carboxylic acids is 1. The summed E-state index contributed by atoms with van der Waals surface area (Å²) in [7, 11) is 0. The SMILES string of the molecule is O=C(O)[C@H](Cc1ccccc1)NCc1cc2c(cc1[N+](=O)[O-])NC(O)C(O)N2. The lowest BCUT2D eigenvalue weighted by molar-refractivity contribution is -0.385. The van der Waals surface area contributed by atoms with Crippen LogP contribution in [0, 0.1) is 10.1 Å². The van der Waals surface area contributed by atoms with Gasteiger partial charge in [0, 0.05) is 18.2 Å². The van der Waals surface area contributed by atoms with Crippen LogP contribution < -0.4 is 16.0 Å². The van der Waals surface area contributed by atoms with Gasteiger partial charge < -0.3 is 26.0 Å². The van der Waals surface area contributed by atoms with Crippen LogP contribution in [0.2, 0.25) is 0 Å². The molecule has 3 atom stereocenters. The first-order valence-corrected chi connectivity index (χ1v) is 8.56. The number of aliphatic carboxylic acids is 1. The topological polar surface area (TPSA) is 157 Å². The van der Waals surface area contributed by atoms with Crippen LogP contribution in [-0.2, 0) is 17.8 Å². The summed E-state index contributed by atoms with van der Waals surface area (Å²) in [4.78, 5) is 22.4. The summed E-state index contributed by atoms with van der Waals surface area (Å²) in [6.45, 7) is -0.0618. The first kappa shape index (κ1) is 19.5. The lowest BCUT2D eigenvalue weighted by atomic mass is 10.0. The lowest BCUT2D eigenvalue weighted by Gasteiger charge is -2.29. The van der Waals surface area contributed by atoms with Crippen molar-refractivity contribution in [3.63, 3.8) is 0 Å². The van der Waals surface area contributed by atoms with Gasteiger partial charge in [-0.3, -0.25) is 20.2 Å². The minimum absolute atomic E-state index is 0.0618. The van der Waals surface area contributed by atoms with E-state index in [0.717, 1.165) is 5.56 Å². The van der Waals surface area contributed by atoms with Gasteiger partial charge in [-0.05, 0) is 18.1 Å². The Bertz CT molecular complexity index is 876. The fraction of sp³-hybridized carbons (Fsp3) is 0.278. The molecule has 0 fully saturated rings. The Morgan fingerprint density at radius 3 is 2.32 bits per heavy atom. The van der Waals surface area contributed by atoms with Gasteiger partial charge in [-0.1, -0.05) is 30.3 Å². The third-order valence-electron chi connectivity index (χ3n) is 4.44. The monoisotopic (exact) mass is 388 g/mol. The molecule has 0 amide bonds. The highest BCUT2D eigenvalue weighted by atomic mass is 16.6. The summed E-state index contributed by atoms with van der Waals surface area (Å²) >= 11 is 0. The predicted molar refractivity (Wildman–Crippen MR) is 101 cm³/mol. The van der Waals surface area contributed by atoms with Gasteiger partial charge in [0.2, 0.25) is 0 Å². The number of nitro benzene ring substituents is 1. The van der Waals surface area contributed by atoms with Gasteiger partial charge in [0.15, 0.2) is 12.5 Å². The molecule has 2 aromatic rings. The number of fused-ring (bicyclic) bond motifs is 1. The molecule has 1 aliphatic heterocycles. The van der Waals surface area contributed by atoms with E-state index in [2.05, 4.69) is 16.0 Å². The molecule has 0 saturated heterocycles. The standard InChI is InChI=1S/C18H20N4O6/c23-16-17(24)21-13-8-15(22(27)28)11(7-12(13)20-16)9-19-14(18(25)26)6-10-4-2-1-3-5-10/h1-5,7-8,14,16-17,19-21,23-24H,6,9H2,(H,25,26)/t14-,16?,17?/m0/s1. The molecular weight excluding hydrogens is 368 g/mol. The molecule has 3 rings (SSSR count). The van der Waals surface area contributed by atoms with Crippen LogP contribution in [0.3, 0.4) is 0 Å². The van der Waals surface area contributed by atoms with Crippen molar-refractivity contribution in [1.82, 2.24) is 5.32 Å². The second kappa shape index (κ2) is 8.21. The molecule has 0 spiro atoms. The number of hydrogen-bond acceptors (Lipinski definition) is 8. The molecule has 0 bridgehead atoms. The summed E-state index contributed by atoms with van der Waals surface area (Å²) in [5.74, 6) is -1.07. The molecule has 1 heterocycles. The first-order valence-electron chi connectivity index (χ1n) is 8.56. The number of carboxylic acid groups (broad SMARTS) is 1. The third-order valence-corrected chi connectivity index (χ3v) is 4.44. The predicted octanol–water partition coefficient (Wildman–Crippen LogP) is 0.854. The van der Waals surface area contributed by atoms with E-state index in [9.17, 15) is 30.2 Å². The number of benzene rings is 2. The second-order valence-electron chi connectivity index (χ2n) is 6.42. The van der Waals surface area contributed by atoms with Crippen molar-refractivity contribution in [2.24, 2.45) is 0 Å². The highest BCUT2D eigenvalue weighted by Gasteiger charge is 2.28. The van der Waals surface area contributed by atoms with Gasteiger partial charge in [-0.25, -0.2) is 0 Å². The number of nitrogens with zero attached hydrogens (tertiary/aromatic N) is 1. The summed E-state index contributed by atoms with van der Waals surface area (Å²) in [5.41, 5.74) is 1.49. The summed E-state index contributed by atoms with van der Waals surface area (Å²) in [6, 6.07) is 10.8. The van der Waals surface area contributed by atoms with E-state index in [1.807, 2.05) is 6.07 Å². The molecule has 10 heteroatoms. The molecule has 6 N–H and O–H groups in total. The van der Waals surface area contributed by atoms with Crippen molar-refractivity contribution in [2.45, 2.75) is 31.5 Å². The van der Waals surface area contributed by atoms with Crippen LogP contribution in [0.15, 0.2) is 42.5 Å². The molecule has 2 aromatic carbocycles. The highest BCUT2D eigenvalue weighted by molar-refractivity contribution is 5.76. The van der Waals surface area contributed by atoms with Gasteiger partial charge in [0.25, 0.3) is 5.69 Å². The molecule has 28 heavy (non-hydrogen) atoms. The minimum Gasteiger partial charge on any atom is -0.480 e. The third kappa shape index (κ3) is 4.36. The van der Waals surface area contributed by atoms with Crippen molar-refractivity contribution in [3.8, 4) is 0 Å². The zero-order valence-corrected chi connectivity index (χ0v) is 14.7. The maximum atomic E-state index is 11.6. The molecule has 10 nitrogen and oxygen atoms in total. The van der Waals surface area contributed by atoms with Crippen molar-refractivity contribution in [2.75, 3.05) is 10.6 Å². The fourth-order valence-corrected chi connectivity index (χ4v) is 2.99. The van der Waals surface area contributed by atoms with E-state index in [0.29, 0.717) is 5.69 Å². The van der Waals surface area contributed by atoms with Crippen LogP contribution in [0.25, 0.3) is 0 Å². The molecule has 0 saturated carbocycles. The summed E-state index contributed by atoms with van der Waals surface area (Å²) in [5, 5.41) is 48.3. The zero-order valence-electron chi connectivity index (χ0n) is 14.7. The van der Waals surface area contributed by atoms with Gasteiger partial charge in [-0.2, -0.15) is 0 Å². The van der Waals surface area contributed by atoms with Crippen molar-refractivity contribution in [3.05, 3.63) is 63.7 Å². The maximum Gasteiger partial charge on any atom is 0.321 e. The smallest absolute Gasteiger partial charge is 0.321 e. The van der Waals surface area contributed by atoms with Gasteiger partial charge >= 0.3 is 5.97 Å². The highest BCUT2D eigenvalue weighted by Crippen LogP contribution is 2.34. The van der Waals surface area contributed by atoms with Crippen LogP contribution >= 0.6 is 0 Å². The van der Waals surface area contributed by atoms with Crippen LogP contribution in [0.4, 0.5) is 17.1 Å². The van der Waals surface area contributed by atoms with Crippen LogP contribution in [0.1, 0.15) is 11.1 Å². The number of anilines is 2. The van der Waals surface area contributed by atoms with E-state index in [-0.39, 0.29) is 29.9 Å². The Balaban J connectivity index is 1.81. The van der Waals surface area contributed by atoms with Crippen LogP contribution in [0.5, 0.6) is 0 Å². The molecule has 0 aromatic heterocycles. The number of carbonyl (C=O) groups is 1.